The van der Waals surface area contributed by atoms with E-state index in [4.69, 9.17) is 14.7 Å². The van der Waals surface area contributed by atoms with E-state index >= 15 is 0 Å². The van der Waals surface area contributed by atoms with E-state index in [1.54, 1.807) is 7.11 Å². The molecule has 0 aliphatic carbocycles. The summed E-state index contributed by atoms with van der Waals surface area (Å²) in [7, 11) is 1.68. The summed E-state index contributed by atoms with van der Waals surface area (Å²) in [5.41, 5.74) is 1.86. The molecule has 0 atom stereocenters. The molecule has 1 heterocycles. The van der Waals surface area contributed by atoms with Crippen LogP contribution in [0.25, 0.3) is 0 Å². The van der Waals surface area contributed by atoms with Gasteiger partial charge in [0.1, 0.15) is 5.75 Å². The van der Waals surface area contributed by atoms with Crippen molar-refractivity contribution in [3.63, 3.8) is 0 Å². The molecule has 0 amide bonds. The van der Waals surface area contributed by atoms with Crippen LogP contribution in [-0.4, -0.2) is 31.9 Å². The Morgan fingerprint density at radius 3 is 2.95 bits per heavy atom. The van der Waals surface area contributed by atoms with Crippen LogP contribution in [0.4, 0.5) is 0 Å². The maximum Gasteiger partial charge on any atom is 0.142 e. The summed E-state index contributed by atoms with van der Waals surface area (Å²) in [6.45, 7) is 4.60. The van der Waals surface area contributed by atoms with Gasteiger partial charge in [0.25, 0.3) is 0 Å². The fraction of sp³-hybridized carbons (Fsp3) is 0.571. The number of ether oxygens (including phenoxy) is 2. The lowest BCUT2D eigenvalue weighted by molar-refractivity contribution is 0.199. The molecule has 19 heavy (non-hydrogen) atoms. The number of methoxy groups -OCH3 is 1. The quantitative estimate of drug-likeness (QED) is 0.688. The van der Waals surface area contributed by atoms with Crippen LogP contribution in [0.3, 0.4) is 0 Å². The minimum Gasteiger partial charge on any atom is -0.492 e. The molecule has 1 N–H and O–H groups in total. The lowest BCUT2D eigenvalue weighted by Crippen LogP contribution is -2.20. The van der Waals surface area contributed by atoms with Crippen LogP contribution in [0.15, 0.2) is 12.1 Å². The van der Waals surface area contributed by atoms with E-state index in [1.165, 1.54) is 0 Å². The molecular weight excluding hydrogens is 242 g/mol. The molecule has 0 spiro atoms. The van der Waals surface area contributed by atoms with Gasteiger partial charge in [-0.3, -0.25) is 4.98 Å². The van der Waals surface area contributed by atoms with E-state index in [0.29, 0.717) is 26.2 Å². The van der Waals surface area contributed by atoms with Gasteiger partial charge in [-0.25, -0.2) is 0 Å². The van der Waals surface area contributed by atoms with Crippen LogP contribution in [-0.2, 0) is 11.3 Å². The minimum absolute atomic E-state index is 0.515. The Balaban J connectivity index is 2.51. The Morgan fingerprint density at radius 2 is 2.21 bits per heavy atom. The summed E-state index contributed by atoms with van der Waals surface area (Å²) >= 11 is 0. The summed E-state index contributed by atoms with van der Waals surface area (Å²) in [5, 5.41) is 11.7. The van der Waals surface area contributed by atoms with Gasteiger partial charge in [-0.2, -0.15) is 5.26 Å². The SMILES string of the molecule is COCCNCc1nc(C)ccc1OCCCC#N. The molecule has 0 aliphatic heterocycles. The molecule has 1 rings (SSSR count). The largest absolute Gasteiger partial charge is 0.492 e. The van der Waals surface area contributed by atoms with E-state index in [2.05, 4.69) is 16.4 Å². The van der Waals surface area contributed by atoms with Gasteiger partial charge in [0.2, 0.25) is 0 Å². The van der Waals surface area contributed by atoms with Crippen molar-refractivity contribution >= 4 is 0 Å². The first-order valence-corrected chi connectivity index (χ1v) is 6.44. The second-order valence-corrected chi connectivity index (χ2v) is 4.18. The molecule has 104 valence electrons. The van der Waals surface area contributed by atoms with Crippen molar-refractivity contribution in [1.29, 1.82) is 5.26 Å². The fourth-order valence-corrected chi connectivity index (χ4v) is 1.57. The number of hydrogen-bond acceptors (Lipinski definition) is 5. The van der Waals surface area contributed by atoms with E-state index in [0.717, 1.165) is 30.1 Å². The first-order valence-electron chi connectivity index (χ1n) is 6.44. The van der Waals surface area contributed by atoms with Crippen LogP contribution < -0.4 is 10.1 Å². The minimum atomic E-state index is 0.515. The van der Waals surface area contributed by atoms with Crippen molar-refractivity contribution in [2.75, 3.05) is 26.9 Å². The number of aromatic nitrogens is 1. The van der Waals surface area contributed by atoms with Crippen LogP contribution in [0, 0.1) is 18.3 Å². The Hall–Kier alpha value is -1.64. The van der Waals surface area contributed by atoms with Crippen LogP contribution in [0.2, 0.25) is 0 Å². The predicted octanol–water partition coefficient (Wildman–Crippen LogP) is 1.81. The number of aryl methyl sites for hydroxylation is 1. The third-order valence-electron chi connectivity index (χ3n) is 2.54. The molecule has 1 aromatic rings. The first kappa shape index (κ1) is 15.4. The number of hydrogen-bond donors (Lipinski definition) is 1. The van der Waals surface area contributed by atoms with Gasteiger partial charge in [-0.15, -0.1) is 0 Å². The van der Waals surface area contributed by atoms with E-state index < -0.39 is 0 Å². The molecule has 0 radical (unpaired) electrons. The summed E-state index contributed by atoms with van der Waals surface area (Å²) in [5.74, 6) is 0.786. The molecule has 0 saturated heterocycles. The number of nitrogens with zero attached hydrogens (tertiary/aromatic N) is 2. The number of unbranched alkanes of at least 4 members (excludes halogenated alkanes) is 1. The standard InChI is InChI=1S/C14H21N3O2/c1-12-5-6-14(19-9-4-3-7-15)13(17-12)11-16-8-10-18-2/h5-6,16H,3-4,8-11H2,1-2H3. The Labute approximate surface area is 114 Å². The predicted molar refractivity (Wildman–Crippen MR) is 72.9 cm³/mol. The second-order valence-electron chi connectivity index (χ2n) is 4.18. The highest BCUT2D eigenvalue weighted by atomic mass is 16.5. The number of rotatable bonds is 9. The highest BCUT2D eigenvalue weighted by Crippen LogP contribution is 2.17. The lowest BCUT2D eigenvalue weighted by Gasteiger charge is -2.11. The highest BCUT2D eigenvalue weighted by molar-refractivity contribution is 5.29. The van der Waals surface area contributed by atoms with Gasteiger partial charge in [0, 0.05) is 32.3 Å². The van der Waals surface area contributed by atoms with Crippen molar-refractivity contribution < 1.29 is 9.47 Å². The van der Waals surface area contributed by atoms with Gasteiger partial charge >= 0.3 is 0 Å². The maximum atomic E-state index is 8.48. The zero-order valence-electron chi connectivity index (χ0n) is 11.6. The molecule has 1 aromatic heterocycles. The Morgan fingerprint density at radius 1 is 1.37 bits per heavy atom. The molecule has 0 aromatic carbocycles. The number of nitrogens with one attached hydrogen (secondary N) is 1. The van der Waals surface area contributed by atoms with E-state index in [-0.39, 0.29) is 0 Å². The normalized spacial score (nSPS) is 10.2. The molecule has 0 unspecified atom stereocenters. The monoisotopic (exact) mass is 263 g/mol. The van der Waals surface area contributed by atoms with Gasteiger partial charge in [0.05, 0.1) is 25.0 Å². The Bertz CT molecular complexity index is 416. The third-order valence-corrected chi connectivity index (χ3v) is 2.54. The van der Waals surface area contributed by atoms with E-state index in [9.17, 15) is 0 Å². The molecule has 5 heteroatoms. The lowest BCUT2D eigenvalue weighted by atomic mass is 10.2. The molecule has 0 saturated carbocycles. The zero-order chi connectivity index (χ0) is 13.9. The van der Waals surface area contributed by atoms with Gasteiger partial charge in [-0.1, -0.05) is 0 Å². The number of pyridine rings is 1. The van der Waals surface area contributed by atoms with E-state index in [1.807, 2.05) is 19.1 Å². The van der Waals surface area contributed by atoms with Crippen molar-refractivity contribution in [3.05, 3.63) is 23.5 Å². The average Bonchev–Trinajstić information content (AvgIpc) is 2.41. The smallest absolute Gasteiger partial charge is 0.142 e. The van der Waals surface area contributed by atoms with Crippen molar-refractivity contribution in [3.8, 4) is 11.8 Å². The summed E-state index contributed by atoms with van der Waals surface area (Å²) in [4.78, 5) is 4.48. The molecule has 0 aliphatic rings. The molecule has 0 bridgehead atoms. The summed E-state index contributed by atoms with van der Waals surface area (Å²) < 4.78 is 10.6. The van der Waals surface area contributed by atoms with Crippen molar-refractivity contribution in [2.24, 2.45) is 0 Å². The zero-order valence-corrected chi connectivity index (χ0v) is 11.6. The summed E-state index contributed by atoms with van der Waals surface area (Å²) in [6, 6.07) is 5.97. The van der Waals surface area contributed by atoms with Crippen molar-refractivity contribution in [2.45, 2.75) is 26.3 Å². The maximum absolute atomic E-state index is 8.48. The first-order chi connectivity index (χ1) is 9.27. The van der Waals surface area contributed by atoms with Gasteiger partial charge in [-0.05, 0) is 25.5 Å². The van der Waals surface area contributed by atoms with Crippen LogP contribution >= 0.6 is 0 Å². The molecule has 0 fully saturated rings. The van der Waals surface area contributed by atoms with Gasteiger partial charge < -0.3 is 14.8 Å². The van der Waals surface area contributed by atoms with Crippen LogP contribution in [0.1, 0.15) is 24.2 Å². The molecule has 5 nitrogen and oxygen atoms in total. The fourth-order valence-electron chi connectivity index (χ4n) is 1.57. The number of nitriles is 1. The average molecular weight is 263 g/mol. The second kappa shape index (κ2) is 9.31. The Kier molecular flexibility index (Phi) is 7.56. The summed E-state index contributed by atoms with van der Waals surface area (Å²) in [6.07, 6.45) is 1.25. The van der Waals surface area contributed by atoms with Crippen molar-refractivity contribution in [1.82, 2.24) is 10.3 Å². The van der Waals surface area contributed by atoms with Gasteiger partial charge in [0.15, 0.2) is 0 Å². The molecular formula is C14H21N3O2. The van der Waals surface area contributed by atoms with Crippen LogP contribution in [0.5, 0.6) is 5.75 Å². The highest BCUT2D eigenvalue weighted by Gasteiger charge is 2.05. The topological polar surface area (TPSA) is 67.2 Å². The third kappa shape index (κ3) is 6.18.